The van der Waals surface area contributed by atoms with E-state index < -0.39 is 0 Å². The largest absolute Gasteiger partial charge is 0.347 e. The van der Waals surface area contributed by atoms with Crippen molar-refractivity contribution in [1.82, 2.24) is 5.32 Å². The molecule has 0 aromatic heterocycles. The molecule has 0 heterocycles. The van der Waals surface area contributed by atoms with Crippen LogP contribution in [0.3, 0.4) is 0 Å². The Balaban J connectivity index is 2.23. The molecule has 0 saturated carbocycles. The molecule has 2 amide bonds. The zero-order chi connectivity index (χ0) is 16.4. The van der Waals surface area contributed by atoms with Crippen molar-refractivity contribution in [2.24, 2.45) is 0 Å². The highest BCUT2D eigenvalue weighted by atomic mass is 35.5. The second kappa shape index (κ2) is 10.5. The first-order chi connectivity index (χ1) is 10.5. The normalized spacial score (nSPS) is 10.3. The number of unbranched alkanes of at least 4 members (excludes halogenated alkanes) is 1. The first kappa shape index (κ1) is 18.8. The molecule has 0 spiro atoms. The molecule has 0 fully saturated rings. The molecule has 1 aromatic carbocycles. The topological polar surface area (TPSA) is 58.2 Å². The molecule has 2 N–H and O–H groups in total. The molecule has 0 bridgehead atoms. The molecule has 0 atom stereocenters. The van der Waals surface area contributed by atoms with Crippen LogP contribution in [0, 0.1) is 6.92 Å². The molecule has 6 heteroatoms. The highest BCUT2D eigenvalue weighted by Gasteiger charge is 2.08. The van der Waals surface area contributed by atoms with Crippen LogP contribution in [0.1, 0.15) is 31.7 Å². The van der Waals surface area contributed by atoms with Gasteiger partial charge in [0.1, 0.15) is 0 Å². The van der Waals surface area contributed by atoms with E-state index in [-0.39, 0.29) is 18.4 Å². The number of halogens is 1. The summed E-state index contributed by atoms with van der Waals surface area (Å²) in [5, 5.41) is 5.80. The Labute approximate surface area is 141 Å². The lowest BCUT2D eigenvalue weighted by Gasteiger charge is -2.09. The van der Waals surface area contributed by atoms with E-state index in [0.717, 1.165) is 17.1 Å². The lowest BCUT2D eigenvalue weighted by molar-refractivity contribution is -0.123. The maximum Gasteiger partial charge on any atom is 0.243 e. The van der Waals surface area contributed by atoms with Gasteiger partial charge in [0.25, 0.3) is 0 Å². The van der Waals surface area contributed by atoms with Gasteiger partial charge in [-0.05, 0) is 36.8 Å². The number of hydrogen-bond donors (Lipinski definition) is 2. The fourth-order valence-corrected chi connectivity index (χ4v) is 3.01. The van der Waals surface area contributed by atoms with E-state index in [1.807, 2.05) is 13.0 Å². The number of carbonyl (C=O) groups excluding carboxylic acids is 2. The summed E-state index contributed by atoms with van der Waals surface area (Å²) in [5.41, 5.74) is 1.58. The monoisotopic (exact) mass is 342 g/mol. The summed E-state index contributed by atoms with van der Waals surface area (Å²) >= 11 is 7.81. The van der Waals surface area contributed by atoms with Crippen LogP contribution in [0.5, 0.6) is 0 Å². The smallest absolute Gasteiger partial charge is 0.243 e. The lowest BCUT2D eigenvalue weighted by Crippen LogP contribution is -2.33. The Bertz CT molecular complexity index is 509. The van der Waals surface area contributed by atoms with Crippen LogP contribution in [0.15, 0.2) is 18.2 Å². The fourth-order valence-electron chi connectivity index (χ4n) is 1.70. The Hall–Kier alpha value is -1.20. The summed E-state index contributed by atoms with van der Waals surface area (Å²) in [6.07, 6.45) is 2.78. The van der Waals surface area contributed by atoms with Crippen molar-refractivity contribution in [3.8, 4) is 0 Å². The van der Waals surface area contributed by atoms with E-state index in [1.54, 1.807) is 23.9 Å². The van der Waals surface area contributed by atoms with Crippen LogP contribution in [0.25, 0.3) is 0 Å². The number of aryl methyl sites for hydroxylation is 1. The van der Waals surface area contributed by atoms with Crippen LogP contribution in [-0.4, -0.2) is 29.9 Å². The predicted molar refractivity (Wildman–Crippen MR) is 94.7 cm³/mol. The molecule has 4 nitrogen and oxygen atoms in total. The molecule has 22 heavy (non-hydrogen) atoms. The number of benzene rings is 1. The number of hydrogen-bond acceptors (Lipinski definition) is 3. The zero-order valence-corrected chi connectivity index (χ0v) is 14.6. The number of carbonyl (C=O) groups is 2. The van der Waals surface area contributed by atoms with Gasteiger partial charge in [-0.2, -0.15) is 11.8 Å². The second-order valence-electron chi connectivity index (χ2n) is 5.02. The summed E-state index contributed by atoms with van der Waals surface area (Å²) in [6, 6.07) is 5.40. The highest BCUT2D eigenvalue weighted by molar-refractivity contribution is 7.99. The number of anilines is 1. The quantitative estimate of drug-likeness (QED) is 0.674. The molecule has 122 valence electrons. The van der Waals surface area contributed by atoms with Crippen molar-refractivity contribution in [3.05, 3.63) is 28.8 Å². The van der Waals surface area contributed by atoms with Gasteiger partial charge < -0.3 is 10.6 Å². The van der Waals surface area contributed by atoms with Crippen LogP contribution in [0.4, 0.5) is 5.69 Å². The third-order valence-electron chi connectivity index (χ3n) is 2.96. The molecule has 0 radical (unpaired) electrons. The Morgan fingerprint density at radius 3 is 2.68 bits per heavy atom. The van der Waals surface area contributed by atoms with Crippen LogP contribution in [-0.2, 0) is 9.59 Å². The van der Waals surface area contributed by atoms with Gasteiger partial charge in [0.2, 0.25) is 11.8 Å². The highest BCUT2D eigenvalue weighted by Crippen LogP contribution is 2.22. The third kappa shape index (κ3) is 7.71. The van der Waals surface area contributed by atoms with Gasteiger partial charge in [-0.15, -0.1) is 0 Å². The van der Waals surface area contributed by atoms with Crippen LogP contribution >= 0.6 is 23.4 Å². The Morgan fingerprint density at radius 1 is 1.23 bits per heavy atom. The van der Waals surface area contributed by atoms with E-state index in [0.29, 0.717) is 17.1 Å². The van der Waals surface area contributed by atoms with Crippen molar-refractivity contribution in [3.63, 3.8) is 0 Å². The standard InChI is InChI=1S/C16H23ClN2O2S/c1-3-4-8-22-9-7-15(20)18-11-16(21)19-14-6-5-12(2)10-13(14)17/h5-6,10H,3-4,7-9,11H2,1-2H3,(H,18,20)(H,19,21). The van der Waals surface area contributed by atoms with E-state index >= 15 is 0 Å². The number of rotatable bonds is 9. The van der Waals surface area contributed by atoms with Crippen molar-refractivity contribution >= 4 is 40.9 Å². The molecule has 0 aliphatic rings. The van der Waals surface area contributed by atoms with E-state index in [9.17, 15) is 9.59 Å². The molecule has 0 aliphatic heterocycles. The van der Waals surface area contributed by atoms with E-state index in [2.05, 4.69) is 17.6 Å². The van der Waals surface area contributed by atoms with Crippen molar-refractivity contribution in [2.45, 2.75) is 33.1 Å². The molecule has 0 saturated heterocycles. The average Bonchev–Trinajstić information content (AvgIpc) is 2.48. The van der Waals surface area contributed by atoms with Gasteiger partial charge in [0.05, 0.1) is 17.3 Å². The molecule has 1 rings (SSSR count). The van der Waals surface area contributed by atoms with Crippen molar-refractivity contribution < 1.29 is 9.59 Å². The van der Waals surface area contributed by atoms with Gasteiger partial charge in [-0.25, -0.2) is 0 Å². The van der Waals surface area contributed by atoms with Gasteiger partial charge in [0, 0.05) is 12.2 Å². The average molecular weight is 343 g/mol. The van der Waals surface area contributed by atoms with Crippen molar-refractivity contribution in [2.75, 3.05) is 23.4 Å². The third-order valence-corrected chi connectivity index (χ3v) is 4.34. The summed E-state index contributed by atoms with van der Waals surface area (Å²) < 4.78 is 0. The number of nitrogens with one attached hydrogen (secondary N) is 2. The van der Waals surface area contributed by atoms with Crippen LogP contribution in [0.2, 0.25) is 5.02 Å². The SMILES string of the molecule is CCCCSCCC(=O)NCC(=O)Nc1ccc(C)cc1Cl. The number of amides is 2. The summed E-state index contributed by atoms with van der Waals surface area (Å²) in [6.45, 7) is 4.03. The maximum absolute atomic E-state index is 11.8. The fraction of sp³-hybridized carbons (Fsp3) is 0.500. The van der Waals surface area contributed by atoms with E-state index in [1.165, 1.54) is 12.8 Å². The van der Waals surface area contributed by atoms with Crippen LogP contribution < -0.4 is 10.6 Å². The molecular formula is C16H23ClN2O2S. The first-order valence-electron chi connectivity index (χ1n) is 7.43. The van der Waals surface area contributed by atoms with Crippen molar-refractivity contribution in [1.29, 1.82) is 0 Å². The second-order valence-corrected chi connectivity index (χ2v) is 6.66. The summed E-state index contributed by atoms with van der Waals surface area (Å²) in [4.78, 5) is 23.4. The Morgan fingerprint density at radius 2 is 2.00 bits per heavy atom. The molecule has 1 aromatic rings. The van der Waals surface area contributed by atoms with Gasteiger partial charge >= 0.3 is 0 Å². The molecule has 0 unspecified atom stereocenters. The Kier molecular flexibility index (Phi) is 9.01. The minimum Gasteiger partial charge on any atom is -0.347 e. The van der Waals surface area contributed by atoms with Gasteiger partial charge in [0.15, 0.2) is 0 Å². The molecule has 0 aliphatic carbocycles. The lowest BCUT2D eigenvalue weighted by atomic mass is 10.2. The summed E-state index contributed by atoms with van der Waals surface area (Å²) in [7, 11) is 0. The van der Waals surface area contributed by atoms with Gasteiger partial charge in [-0.3, -0.25) is 9.59 Å². The predicted octanol–water partition coefficient (Wildman–Crippen LogP) is 3.63. The minimum atomic E-state index is -0.280. The zero-order valence-electron chi connectivity index (χ0n) is 13.1. The first-order valence-corrected chi connectivity index (χ1v) is 8.96. The van der Waals surface area contributed by atoms with Gasteiger partial charge in [-0.1, -0.05) is 31.0 Å². The minimum absolute atomic E-state index is 0.0390. The molecular weight excluding hydrogens is 320 g/mol. The maximum atomic E-state index is 11.8. The number of thioether (sulfide) groups is 1. The van der Waals surface area contributed by atoms with E-state index in [4.69, 9.17) is 11.6 Å². The summed E-state index contributed by atoms with van der Waals surface area (Å²) in [5.74, 6) is 1.49.